The second-order valence-electron chi connectivity index (χ2n) is 5.15. The van der Waals surface area contributed by atoms with Crippen LogP contribution in [-0.2, 0) is 13.0 Å². The van der Waals surface area contributed by atoms with Gasteiger partial charge >= 0.3 is 0 Å². The van der Waals surface area contributed by atoms with Gasteiger partial charge in [-0.3, -0.25) is 4.79 Å². The van der Waals surface area contributed by atoms with E-state index in [-0.39, 0.29) is 5.91 Å². The van der Waals surface area contributed by atoms with Gasteiger partial charge in [0.25, 0.3) is 5.91 Å². The van der Waals surface area contributed by atoms with E-state index in [1.54, 1.807) is 6.07 Å². The SMILES string of the molecule is NCc1cc(C(=O)NCC2CCc3ccccc32)co1. The molecule has 20 heavy (non-hydrogen) atoms. The predicted octanol–water partition coefficient (Wildman–Crippen LogP) is 2.20. The van der Waals surface area contributed by atoms with E-state index in [4.69, 9.17) is 10.2 Å². The van der Waals surface area contributed by atoms with Crippen LogP contribution in [0.1, 0.15) is 39.6 Å². The minimum atomic E-state index is -0.0992. The summed E-state index contributed by atoms with van der Waals surface area (Å²) in [6.45, 7) is 0.974. The molecule has 1 unspecified atom stereocenters. The van der Waals surface area contributed by atoms with Crippen molar-refractivity contribution >= 4 is 5.91 Å². The van der Waals surface area contributed by atoms with Crippen LogP contribution in [0.15, 0.2) is 41.0 Å². The normalized spacial score (nSPS) is 16.9. The second-order valence-corrected chi connectivity index (χ2v) is 5.15. The second kappa shape index (κ2) is 5.51. The van der Waals surface area contributed by atoms with Crippen LogP contribution < -0.4 is 11.1 Å². The Balaban J connectivity index is 1.62. The third-order valence-corrected chi connectivity index (χ3v) is 3.88. The Morgan fingerprint density at radius 3 is 3.05 bits per heavy atom. The molecular formula is C16H18N2O2. The summed E-state index contributed by atoms with van der Waals surface area (Å²) >= 11 is 0. The van der Waals surface area contributed by atoms with Gasteiger partial charge in [0.05, 0.1) is 12.1 Å². The Kier molecular flexibility index (Phi) is 3.56. The number of aryl methyl sites for hydroxylation is 1. The van der Waals surface area contributed by atoms with E-state index in [1.807, 2.05) is 0 Å². The maximum Gasteiger partial charge on any atom is 0.254 e. The van der Waals surface area contributed by atoms with Crippen LogP contribution in [0.25, 0.3) is 0 Å². The highest BCUT2D eigenvalue weighted by Crippen LogP contribution is 2.32. The van der Waals surface area contributed by atoms with Crippen molar-refractivity contribution in [3.8, 4) is 0 Å². The van der Waals surface area contributed by atoms with Gasteiger partial charge in [-0.2, -0.15) is 0 Å². The topological polar surface area (TPSA) is 68.3 Å². The molecule has 1 aliphatic rings. The number of hydrogen-bond acceptors (Lipinski definition) is 3. The summed E-state index contributed by atoms with van der Waals surface area (Å²) in [6.07, 6.45) is 3.65. The molecule has 0 saturated carbocycles. The molecule has 0 saturated heterocycles. The molecule has 4 heteroatoms. The Hall–Kier alpha value is -2.07. The number of nitrogens with one attached hydrogen (secondary N) is 1. The van der Waals surface area contributed by atoms with Gasteiger partial charge in [0.1, 0.15) is 12.0 Å². The van der Waals surface area contributed by atoms with Gasteiger partial charge in [0, 0.05) is 12.5 Å². The summed E-state index contributed by atoms with van der Waals surface area (Å²) in [4.78, 5) is 12.0. The quantitative estimate of drug-likeness (QED) is 0.895. The molecule has 1 heterocycles. The van der Waals surface area contributed by atoms with E-state index in [0.29, 0.717) is 30.3 Å². The summed E-state index contributed by atoms with van der Waals surface area (Å²) in [6, 6.07) is 10.1. The van der Waals surface area contributed by atoms with Gasteiger partial charge < -0.3 is 15.5 Å². The number of furan rings is 1. The molecule has 0 radical (unpaired) electrons. The lowest BCUT2D eigenvalue weighted by Crippen LogP contribution is -2.27. The molecule has 0 bridgehead atoms. The lowest BCUT2D eigenvalue weighted by atomic mass is 10.0. The summed E-state index contributed by atoms with van der Waals surface area (Å²) in [5.74, 6) is 0.940. The van der Waals surface area contributed by atoms with E-state index < -0.39 is 0 Å². The largest absolute Gasteiger partial charge is 0.467 e. The molecule has 1 atom stereocenters. The van der Waals surface area contributed by atoms with Gasteiger partial charge in [-0.05, 0) is 30.0 Å². The number of amides is 1. The summed E-state index contributed by atoms with van der Waals surface area (Å²) in [5.41, 5.74) is 8.77. The minimum absolute atomic E-state index is 0.0992. The third-order valence-electron chi connectivity index (χ3n) is 3.88. The molecule has 4 nitrogen and oxygen atoms in total. The summed E-state index contributed by atoms with van der Waals surface area (Å²) < 4.78 is 5.18. The highest BCUT2D eigenvalue weighted by molar-refractivity contribution is 5.94. The zero-order valence-corrected chi connectivity index (χ0v) is 11.3. The Morgan fingerprint density at radius 1 is 1.40 bits per heavy atom. The fourth-order valence-corrected chi connectivity index (χ4v) is 2.78. The maximum atomic E-state index is 12.0. The highest BCUT2D eigenvalue weighted by Gasteiger charge is 2.22. The predicted molar refractivity (Wildman–Crippen MR) is 76.4 cm³/mol. The fourth-order valence-electron chi connectivity index (χ4n) is 2.78. The Labute approximate surface area is 118 Å². The third kappa shape index (κ3) is 2.47. The highest BCUT2D eigenvalue weighted by atomic mass is 16.3. The smallest absolute Gasteiger partial charge is 0.254 e. The van der Waals surface area contributed by atoms with Crippen LogP contribution in [0.4, 0.5) is 0 Å². The number of hydrogen-bond donors (Lipinski definition) is 2. The first-order valence-corrected chi connectivity index (χ1v) is 6.91. The van der Waals surface area contributed by atoms with Gasteiger partial charge in [-0.1, -0.05) is 24.3 Å². The Morgan fingerprint density at radius 2 is 2.25 bits per heavy atom. The van der Waals surface area contributed by atoms with Crippen LogP contribution >= 0.6 is 0 Å². The first-order chi connectivity index (χ1) is 9.78. The molecule has 1 amide bonds. The standard InChI is InChI=1S/C16H18N2O2/c17-8-14-7-13(10-20-14)16(19)18-9-12-6-5-11-3-1-2-4-15(11)12/h1-4,7,10,12H,5-6,8-9,17H2,(H,18,19). The van der Waals surface area contributed by atoms with Crippen molar-refractivity contribution in [2.45, 2.75) is 25.3 Å². The first kappa shape index (κ1) is 12.9. The molecule has 2 aromatic rings. The van der Waals surface area contributed by atoms with Gasteiger partial charge in [-0.25, -0.2) is 0 Å². The van der Waals surface area contributed by atoms with E-state index in [1.165, 1.54) is 17.4 Å². The van der Waals surface area contributed by atoms with Crippen LogP contribution in [-0.4, -0.2) is 12.5 Å². The van der Waals surface area contributed by atoms with Gasteiger partial charge in [0.2, 0.25) is 0 Å². The van der Waals surface area contributed by atoms with E-state index in [0.717, 1.165) is 12.8 Å². The van der Waals surface area contributed by atoms with Crippen molar-refractivity contribution in [2.75, 3.05) is 6.54 Å². The molecule has 0 spiro atoms. The number of carbonyl (C=O) groups excluding carboxylic acids is 1. The van der Waals surface area contributed by atoms with Crippen molar-refractivity contribution in [1.29, 1.82) is 0 Å². The lowest BCUT2D eigenvalue weighted by Gasteiger charge is -2.12. The molecule has 104 valence electrons. The number of nitrogens with two attached hydrogens (primary N) is 1. The zero-order valence-electron chi connectivity index (χ0n) is 11.3. The monoisotopic (exact) mass is 270 g/mol. The van der Waals surface area contributed by atoms with E-state index in [2.05, 4.69) is 29.6 Å². The maximum absolute atomic E-state index is 12.0. The van der Waals surface area contributed by atoms with Crippen molar-refractivity contribution in [1.82, 2.24) is 5.32 Å². The minimum Gasteiger partial charge on any atom is -0.467 e. The van der Waals surface area contributed by atoms with Crippen LogP contribution in [0.2, 0.25) is 0 Å². The van der Waals surface area contributed by atoms with Crippen molar-refractivity contribution in [3.05, 3.63) is 59.0 Å². The number of carbonyl (C=O) groups is 1. The molecule has 3 rings (SSSR count). The average Bonchev–Trinajstić information content (AvgIpc) is 3.11. The number of fused-ring (bicyclic) bond motifs is 1. The van der Waals surface area contributed by atoms with E-state index in [9.17, 15) is 4.79 Å². The molecule has 1 aromatic carbocycles. The van der Waals surface area contributed by atoms with Gasteiger partial charge in [0.15, 0.2) is 0 Å². The molecule has 1 aromatic heterocycles. The fraction of sp³-hybridized carbons (Fsp3) is 0.312. The van der Waals surface area contributed by atoms with Crippen LogP contribution in [0, 0.1) is 0 Å². The Bertz CT molecular complexity index is 618. The summed E-state index contributed by atoms with van der Waals surface area (Å²) in [5, 5.41) is 2.98. The van der Waals surface area contributed by atoms with Crippen molar-refractivity contribution in [2.24, 2.45) is 5.73 Å². The molecule has 1 aliphatic carbocycles. The van der Waals surface area contributed by atoms with Gasteiger partial charge in [-0.15, -0.1) is 0 Å². The lowest BCUT2D eigenvalue weighted by molar-refractivity contribution is 0.0950. The van der Waals surface area contributed by atoms with Crippen LogP contribution in [0.5, 0.6) is 0 Å². The molecule has 0 aliphatic heterocycles. The molecular weight excluding hydrogens is 252 g/mol. The molecule has 0 fully saturated rings. The number of rotatable bonds is 4. The van der Waals surface area contributed by atoms with E-state index >= 15 is 0 Å². The van der Waals surface area contributed by atoms with Crippen molar-refractivity contribution < 1.29 is 9.21 Å². The summed E-state index contributed by atoms with van der Waals surface area (Å²) in [7, 11) is 0. The molecule has 3 N–H and O–H groups in total. The zero-order chi connectivity index (χ0) is 13.9. The van der Waals surface area contributed by atoms with Crippen molar-refractivity contribution in [3.63, 3.8) is 0 Å². The number of benzene rings is 1. The average molecular weight is 270 g/mol. The van der Waals surface area contributed by atoms with Crippen LogP contribution in [0.3, 0.4) is 0 Å². The first-order valence-electron chi connectivity index (χ1n) is 6.91.